The lowest BCUT2D eigenvalue weighted by Gasteiger charge is -2.11. The molecule has 28 heavy (non-hydrogen) atoms. The van der Waals surface area contributed by atoms with E-state index < -0.39 is 15.9 Å². The minimum absolute atomic E-state index is 0.0149. The van der Waals surface area contributed by atoms with Crippen molar-refractivity contribution >= 4 is 26.7 Å². The molecule has 7 nitrogen and oxygen atoms in total. The van der Waals surface area contributed by atoms with Crippen molar-refractivity contribution in [3.63, 3.8) is 0 Å². The molecule has 0 bridgehead atoms. The van der Waals surface area contributed by atoms with E-state index in [-0.39, 0.29) is 11.3 Å². The van der Waals surface area contributed by atoms with Gasteiger partial charge in [0.15, 0.2) is 11.5 Å². The molecule has 0 atom stereocenters. The number of nitrogens with one attached hydrogen (secondary N) is 1. The van der Waals surface area contributed by atoms with Gasteiger partial charge in [-0.15, -0.1) is 0 Å². The molecular weight excluding hydrogens is 380 g/mol. The van der Waals surface area contributed by atoms with Crippen LogP contribution in [0, 0.1) is 0 Å². The summed E-state index contributed by atoms with van der Waals surface area (Å²) in [6.45, 7) is 0. The third-order valence-corrected chi connectivity index (χ3v) is 5.70. The lowest BCUT2D eigenvalue weighted by atomic mass is 10.1. The number of aromatic nitrogens is 1. The second kappa shape index (κ2) is 8.26. The molecule has 0 fully saturated rings. The van der Waals surface area contributed by atoms with Gasteiger partial charge in [0, 0.05) is 29.6 Å². The van der Waals surface area contributed by atoms with Gasteiger partial charge < -0.3 is 9.47 Å². The van der Waals surface area contributed by atoms with Gasteiger partial charge in [0.25, 0.3) is 10.0 Å². The molecule has 0 aliphatic heterocycles. The van der Waals surface area contributed by atoms with Crippen molar-refractivity contribution in [2.45, 2.75) is 17.7 Å². The predicted molar refractivity (Wildman–Crippen MR) is 105 cm³/mol. The molecule has 0 saturated heterocycles. The number of carbonyl (C=O) groups is 1. The molecule has 3 aromatic rings. The quantitative estimate of drug-likeness (QED) is 0.655. The Bertz CT molecular complexity index is 1110. The molecule has 8 heteroatoms. The first kappa shape index (κ1) is 19.6. The van der Waals surface area contributed by atoms with Crippen LogP contribution in [0.2, 0.25) is 0 Å². The van der Waals surface area contributed by atoms with Crippen molar-refractivity contribution in [3.8, 4) is 11.5 Å². The van der Waals surface area contributed by atoms with Crippen LogP contribution in [0.1, 0.15) is 12.0 Å². The number of ether oxygens (including phenoxy) is 2. The van der Waals surface area contributed by atoms with Gasteiger partial charge in [-0.2, -0.15) is 0 Å². The number of hydrogen-bond donors (Lipinski definition) is 1. The molecule has 146 valence electrons. The van der Waals surface area contributed by atoms with Gasteiger partial charge >= 0.3 is 0 Å². The van der Waals surface area contributed by atoms with Crippen LogP contribution in [0.25, 0.3) is 10.8 Å². The van der Waals surface area contributed by atoms with Crippen LogP contribution < -0.4 is 14.2 Å². The molecule has 0 aliphatic rings. The molecule has 2 aromatic carbocycles. The Hall–Kier alpha value is -3.13. The molecule has 0 radical (unpaired) electrons. The van der Waals surface area contributed by atoms with Crippen molar-refractivity contribution in [1.29, 1.82) is 0 Å². The highest BCUT2D eigenvalue weighted by Gasteiger charge is 2.20. The first-order valence-corrected chi connectivity index (χ1v) is 10.0. The maximum atomic E-state index is 12.7. The van der Waals surface area contributed by atoms with Crippen molar-refractivity contribution in [1.82, 2.24) is 9.71 Å². The van der Waals surface area contributed by atoms with Gasteiger partial charge in [0.2, 0.25) is 5.91 Å². The molecule has 1 N–H and O–H groups in total. The first-order chi connectivity index (χ1) is 13.4. The molecule has 3 rings (SSSR count). The number of nitrogens with zero attached hydrogens (tertiary/aromatic N) is 1. The Balaban J connectivity index is 1.72. The monoisotopic (exact) mass is 400 g/mol. The third kappa shape index (κ3) is 4.23. The SMILES string of the molecule is COc1ccc(CCC(=O)NS(=O)(=O)c2cccc3cnccc23)cc1OC. The Kier molecular flexibility index (Phi) is 5.79. The maximum absolute atomic E-state index is 12.7. The smallest absolute Gasteiger partial charge is 0.264 e. The van der Waals surface area contributed by atoms with Crippen LogP contribution in [0.4, 0.5) is 0 Å². The standard InChI is InChI=1S/C20H20N2O5S/c1-26-17-8-6-14(12-18(17)27-2)7-9-20(23)22-28(24,25)19-5-3-4-15-13-21-11-10-16(15)19/h3-6,8,10-13H,7,9H2,1-2H3,(H,22,23). The molecule has 0 unspecified atom stereocenters. The fourth-order valence-electron chi connectivity index (χ4n) is 2.88. The zero-order valence-electron chi connectivity index (χ0n) is 15.5. The Labute approximate surface area is 163 Å². The van der Waals surface area contributed by atoms with Crippen LogP contribution >= 0.6 is 0 Å². The van der Waals surface area contributed by atoms with E-state index >= 15 is 0 Å². The van der Waals surface area contributed by atoms with Gasteiger partial charge in [0.05, 0.1) is 19.1 Å². The second-order valence-corrected chi connectivity index (χ2v) is 7.72. The molecule has 0 aliphatic carbocycles. The van der Waals surface area contributed by atoms with Gasteiger partial charge in [-0.1, -0.05) is 18.2 Å². The van der Waals surface area contributed by atoms with Crippen LogP contribution in [-0.2, 0) is 21.2 Å². The summed E-state index contributed by atoms with van der Waals surface area (Å²) >= 11 is 0. The number of benzene rings is 2. The number of hydrogen-bond acceptors (Lipinski definition) is 6. The highest BCUT2D eigenvalue weighted by atomic mass is 32.2. The number of rotatable bonds is 7. The summed E-state index contributed by atoms with van der Waals surface area (Å²) in [5.74, 6) is 0.557. The fourth-order valence-corrected chi connectivity index (χ4v) is 4.12. The lowest BCUT2D eigenvalue weighted by molar-refractivity contribution is -0.119. The van der Waals surface area contributed by atoms with Crippen LogP contribution in [0.3, 0.4) is 0 Å². The van der Waals surface area contributed by atoms with Gasteiger partial charge in [-0.3, -0.25) is 9.78 Å². The van der Waals surface area contributed by atoms with Crippen LogP contribution in [0.5, 0.6) is 11.5 Å². The van der Waals surface area contributed by atoms with E-state index in [9.17, 15) is 13.2 Å². The lowest BCUT2D eigenvalue weighted by Crippen LogP contribution is -2.30. The van der Waals surface area contributed by atoms with Crippen molar-refractivity contribution in [2.75, 3.05) is 14.2 Å². The number of sulfonamides is 1. The summed E-state index contributed by atoms with van der Waals surface area (Å²) in [7, 11) is -0.917. The third-order valence-electron chi connectivity index (χ3n) is 4.27. The number of methoxy groups -OCH3 is 2. The summed E-state index contributed by atoms with van der Waals surface area (Å²) in [4.78, 5) is 16.3. The van der Waals surface area contributed by atoms with E-state index in [1.54, 1.807) is 49.7 Å². The van der Waals surface area contributed by atoms with Crippen molar-refractivity contribution in [3.05, 3.63) is 60.4 Å². The Morgan fingerprint density at radius 3 is 2.61 bits per heavy atom. The number of aryl methyl sites for hydroxylation is 1. The fraction of sp³-hybridized carbons (Fsp3) is 0.200. The van der Waals surface area contributed by atoms with Gasteiger partial charge in [0.1, 0.15) is 0 Å². The topological polar surface area (TPSA) is 94.6 Å². The summed E-state index contributed by atoms with van der Waals surface area (Å²) in [6, 6.07) is 11.8. The Morgan fingerprint density at radius 1 is 1.07 bits per heavy atom. The molecular formula is C20H20N2O5S. The molecule has 0 saturated carbocycles. The van der Waals surface area contributed by atoms with E-state index in [0.717, 1.165) is 5.56 Å². The Morgan fingerprint density at radius 2 is 1.86 bits per heavy atom. The number of amides is 1. The van der Waals surface area contributed by atoms with Crippen LogP contribution in [-0.4, -0.2) is 33.5 Å². The van der Waals surface area contributed by atoms with E-state index in [0.29, 0.717) is 28.7 Å². The zero-order chi connectivity index (χ0) is 20.1. The molecule has 1 heterocycles. The van der Waals surface area contributed by atoms with E-state index in [1.165, 1.54) is 19.4 Å². The number of fused-ring (bicyclic) bond motifs is 1. The highest BCUT2D eigenvalue weighted by molar-refractivity contribution is 7.90. The highest BCUT2D eigenvalue weighted by Crippen LogP contribution is 2.28. The summed E-state index contributed by atoms with van der Waals surface area (Å²) < 4.78 is 37.9. The summed E-state index contributed by atoms with van der Waals surface area (Å²) in [5, 5.41) is 1.20. The normalized spacial score (nSPS) is 11.2. The number of pyridine rings is 1. The zero-order valence-corrected chi connectivity index (χ0v) is 16.3. The predicted octanol–water partition coefficient (Wildman–Crippen LogP) is 2.69. The van der Waals surface area contributed by atoms with Crippen molar-refractivity contribution in [2.24, 2.45) is 0 Å². The first-order valence-electron chi connectivity index (χ1n) is 8.54. The van der Waals surface area contributed by atoms with E-state index in [4.69, 9.17) is 9.47 Å². The average Bonchev–Trinajstić information content (AvgIpc) is 2.71. The maximum Gasteiger partial charge on any atom is 0.264 e. The van der Waals surface area contributed by atoms with Crippen molar-refractivity contribution < 1.29 is 22.7 Å². The summed E-state index contributed by atoms with van der Waals surface area (Å²) in [5.41, 5.74) is 0.835. The molecule has 1 amide bonds. The second-order valence-electron chi connectivity index (χ2n) is 6.07. The van der Waals surface area contributed by atoms with Gasteiger partial charge in [-0.05, 0) is 36.2 Å². The summed E-state index contributed by atoms with van der Waals surface area (Å²) in [6.07, 6.45) is 3.47. The molecule has 1 aromatic heterocycles. The van der Waals surface area contributed by atoms with E-state index in [1.807, 2.05) is 0 Å². The largest absolute Gasteiger partial charge is 0.493 e. The number of carbonyl (C=O) groups excluding carboxylic acids is 1. The molecule has 0 spiro atoms. The average molecular weight is 400 g/mol. The van der Waals surface area contributed by atoms with Crippen LogP contribution in [0.15, 0.2) is 59.8 Å². The van der Waals surface area contributed by atoms with Gasteiger partial charge in [-0.25, -0.2) is 13.1 Å². The minimum atomic E-state index is -3.99. The van der Waals surface area contributed by atoms with E-state index in [2.05, 4.69) is 9.71 Å². The minimum Gasteiger partial charge on any atom is -0.493 e.